The van der Waals surface area contributed by atoms with Crippen molar-refractivity contribution < 1.29 is 19.2 Å². The Balaban J connectivity index is 1.83. The van der Waals surface area contributed by atoms with Gasteiger partial charge in [0.05, 0.1) is 11.4 Å². The summed E-state index contributed by atoms with van der Waals surface area (Å²) in [5.41, 5.74) is 14.3. The van der Waals surface area contributed by atoms with Crippen LogP contribution in [-0.2, 0) is 19.2 Å². The van der Waals surface area contributed by atoms with Crippen molar-refractivity contribution in [1.82, 2.24) is 0 Å². The molecule has 3 rings (SSSR count). The van der Waals surface area contributed by atoms with Gasteiger partial charge in [-0.15, -0.1) is 0 Å². The molecule has 44 heavy (non-hydrogen) atoms. The second-order valence-electron chi connectivity index (χ2n) is 13.8. The van der Waals surface area contributed by atoms with E-state index in [0.717, 1.165) is 126 Å². The number of carbonyl (C=O) groups excluding carboxylic acids is 4. The molecule has 2 aliphatic carbocycles. The maximum atomic E-state index is 14.2. The van der Waals surface area contributed by atoms with Crippen LogP contribution in [0.1, 0.15) is 127 Å². The minimum Gasteiger partial charge on any atom is -0.330 e. The monoisotopic (exact) mass is 610 g/mol. The zero-order chi connectivity index (χ0) is 32.0. The lowest BCUT2D eigenvalue weighted by atomic mass is 9.67. The summed E-state index contributed by atoms with van der Waals surface area (Å²) in [6.45, 7) is 5.26. The van der Waals surface area contributed by atoms with Gasteiger partial charge in [0.15, 0.2) is 0 Å². The molecule has 2 saturated carbocycles. The van der Waals surface area contributed by atoms with E-state index in [1.165, 1.54) is 0 Å². The zero-order valence-corrected chi connectivity index (χ0v) is 27.4. The first-order chi connectivity index (χ1) is 21.2. The fourth-order valence-corrected chi connectivity index (χ4v) is 7.47. The van der Waals surface area contributed by atoms with Crippen molar-refractivity contribution >= 4 is 35.8 Å². The highest BCUT2D eigenvalue weighted by Crippen LogP contribution is 2.46. The molecule has 2 aliphatic rings. The molecule has 2 fully saturated rings. The van der Waals surface area contributed by atoms with Crippen LogP contribution >= 0.6 is 0 Å². The second-order valence-corrected chi connectivity index (χ2v) is 13.8. The predicted molar refractivity (Wildman–Crippen MR) is 178 cm³/mol. The van der Waals surface area contributed by atoms with Crippen molar-refractivity contribution in [1.29, 1.82) is 0 Å². The number of unbranched alkanes of at least 4 members (excludes halogenated alkanes) is 6. The number of benzene rings is 1. The molecule has 246 valence electrons. The normalized spacial score (nSPS) is 25.3. The van der Waals surface area contributed by atoms with Crippen LogP contribution in [0.25, 0.3) is 0 Å². The van der Waals surface area contributed by atoms with Crippen molar-refractivity contribution in [2.24, 2.45) is 34.1 Å². The van der Waals surface area contributed by atoms with Gasteiger partial charge in [0, 0.05) is 23.7 Å². The molecule has 8 nitrogen and oxygen atoms in total. The van der Waals surface area contributed by atoms with Crippen LogP contribution in [0.5, 0.6) is 0 Å². The lowest BCUT2D eigenvalue weighted by molar-refractivity contribution is -0.129. The fraction of sp³-hybridized carbons (Fsp3) is 0.722. The summed E-state index contributed by atoms with van der Waals surface area (Å²) in [6.07, 6.45) is 17.0. The Morgan fingerprint density at radius 2 is 1.05 bits per heavy atom. The van der Waals surface area contributed by atoms with Crippen LogP contribution in [0.2, 0.25) is 0 Å². The lowest BCUT2D eigenvalue weighted by Crippen LogP contribution is -2.42. The largest absolute Gasteiger partial charge is 0.330 e. The third kappa shape index (κ3) is 9.46. The molecule has 0 atom stereocenters. The summed E-state index contributed by atoms with van der Waals surface area (Å²) in [5.74, 6) is 0.956. The number of aldehydes is 2. The van der Waals surface area contributed by atoms with Crippen LogP contribution in [0.15, 0.2) is 12.1 Å². The predicted octanol–water partition coefficient (Wildman–Crippen LogP) is 6.75. The molecular formula is C36H58N4O4. The zero-order valence-electron chi connectivity index (χ0n) is 27.4. The SMILES string of the molecule is Cc1ccc(C)c(NC(=O)C2(CCCCCC=O)CCC(CN)CC2)c1NC(=O)C1(CCCCCC=O)CCC(CN)CC1. The number of hydrogen-bond acceptors (Lipinski definition) is 6. The highest BCUT2D eigenvalue weighted by atomic mass is 16.2. The van der Waals surface area contributed by atoms with E-state index in [0.29, 0.717) is 49.1 Å². The van der Waals surface area contributed by atoms with Crippen molar-refractivity contribution in [3.63, 3.8) is 0 Å². The Morgan fingerprint density at radius 1 is 0.682 bits per heavy atom. The van der Waals surface area contributed by atoms with E-state index in [9.17, 15) is 19.2 Å². The van der Waals surface area contributed by atoms with Gasteiger partial charge in [-0.05, 0) is 127 Å². The van der Waals surface area contributed by atoms with Crippen LogP contribution in [0, 0.1) is 36.5 Å². The van der Waals surface area contributed by atoms with Gasteiger partial charge in [-0.1, -0.05) is 37.8 Å². The molecule has 0 aliphatic heterocycles. The summed E-state index contributed by atoms with van der Waals surface area (Å²) in [6, 6.07) is 4.01. The van der Waals surface area contributed by atoms with Crippen LogP contribution < -0.4 is 22.1 Å². The number of hydrogen-bond donors (Lipinski definition) is 4. The first-order valence-corrected chi connectivity index (χ1v) is 17.2. The van der Waals surface area contributed by atoms with E-state index in [2.05, 4.69) is 10.6 Å². The van der Waals surface area contributed by atoms with Crippen molar-refractivity contribution in [2.75, 3.05) is 23.7 Å². The Hall–Kier alpha value is -2.58. The molecule has 6 N–H and O–H groups in total. The molecule has 0 unspecified atom stereocenters. The molecule has 0 spiro atoms. The van der Waals surface area contributed by atoms with Gasteiger partial charge in [0.25, 0.3) is 0 Å². The summed E-state index contributed by atoms with van der Waals surface area (Å²) in [4.78, 5) is 50.0. The Bertz CT molecular complexity index is 1000. The third-order valence-electron chi connectivity index (χ3n) is 10.8. The molecule has 8 heteroatoms. The van der Waals surface area contributed by atoms with Gasteiger partial charge in [0.1, 0.15) is 12.6 Å². The Morgan fingerprint density at radius 3 is 1.36 bits per heavy atom. The minimum absolute atomic E-state index is 0.0286. The number of nitrogens with one attached hydrogen (secondary N) is 2. The number of aryl methyl sites for hydroxylation is 2. The molecule has 2 amide bonds. The molecule has 0 aromatic heterocycles. The fourth-order valence-electron chi connectivity index (χ4n) is 7.47. The van der Waals surface area contributed by atoms with E-state index in [4.69, 9.17) is 11.5 Å². The highest BCUT2D eigenvalue weighted by molar-refractivity contribution is 6.04. The molecule has 0 bridgehead atoms. The summed E-state index contributed by atoms with van der Waals surface area (Å²) in [7, 11) is 0. The summed E-state index contributed by atoms with van der Waals surface area (Å²) >= 11 is 0. The first-order valence-electron chi connectivity index (χ1n) is 17.2. The highest BCUT2D eigenvalue weighted by Gasteiger charge is 2.43. The van der Waals surface area contributed by atoms with Crippen LogP contribution in [0.4, 0.5) is 11.4 Å². The van der Waals surface area contributed by atoms with E-state index in [1.807, 2.05) is 26.0 Å². The van der Waals surface area contributed by atoms with Gasteiger partial charge >= 0.3 is 0 Å². The number of carbonyl (C=O) groups is 4. The van der Waals surface area contributed by atoms with Gasteiger partial charge in [-0.2, -0.15) is 0 Å². The number of anilines is 2. The van der Waals surface area contributed by atoms with Gasteiger partial charge in [-0.25, -0.2) is 0 Å². The van der Waals surface area contributed by atoms with Gasteiger partial charge < -0.3 is 31.7 Å². The molecule has 0 radical (unpaired) electrons. The first kappa shape index (κ1) is 35.9. The van der Waals surface area contributed by atoms with Gasteiger partial charge in [0.2, 0.25) is 11.8 Å². The maximum absolute atomic E-state index is 14.2. The summed E-state index contributed by atoms with van der Waals surface area (Å²) < 4.78 is 0. The molecule has 1 aromatic rings. The number of rotatable bonds is 18. The average molecular weight is 611 g/mol. The average Bonchev–Trinajstić information content (AvgIpc) is 3.04. The van der Waals surface area contributed by atoms with Crippen molar-refractivity contribution in [3.05, 3.63) is 23.3 Å². The van der Waals surface area contributed by atoms with E-state index in [1.54, 1.807) is 0 Å². The number of nitrogens with two attached hydrogens (primary N) is 2. The topological polar surface area (TPSA) is 144 Å². The van der Waals surface area contributed by atoms with Crippen molar-refractivity contribution in [2.45, 2.75) is 129 Å². The molecule has 0 heterocycles. The summed E-state index contributed by atoms with van der Waals surface area (Å²) in [5, 5.41) is 6.66. The van der Waals surface area contributed by atoms with Crippen LogP contribution in [0.3, 0.4) is 0 Å². The molecular weight excluding hydrogens is 552 g/mol. The smallest absolute Gasteiger partial charge is 0.230 e. The maximum Gasteiger partial charge on any atom is 0.230 e. The second kappa shape index (κ2) is 17.8. The number of amides is 2. The van der Waals surface area contributed by atoms with E-state index >= 15 is 0 Å². The third-order valence-corrected chi connectivity index (χ3v) is 10.8. The molecule has 1 aromatic carbocycles. The van der Waals surface area contributed by atoms with E-state index < -0.39 is 10.8 Å². The minimum atomic E-state index is -0.479. The quantitative estimate of drug-likeness (QED) is 0.107. The molecule has 0 saturated heterocycles. The van der Waals surface area contributed by atoms with Crippen LogP contribution in [-0.4, -0.2) is 37.5 Å². The Kier molecular flexibility index (Phi) is 14.5. The lowest BCUT2D eigenvalue weighted by Gasteiger charge is -2.40. The van der Waals surface area contributed by atoms with Gasteiger partial charge in [-0.3, -0.25) is 9.59 Å². The Labute approximate surface area is 265 Å². The van der Waals surface area contributed by atoms with E-state index in [-0.39, 0.29) is 11.8 Å². The van der Waals surface area contributed by atoms with Crippen molar-refractivity contribution in [3.8, 4) is 0 Å². The standard InChI is InChI=1S/C36H58N4O4/c1-27-11-12-28(2)32(40-34(44)36(18-8-4-6-10-24-42)21-15-30(26-38)16-22-36)31(27)39-33(43)35(17-7-3-5-9-23-41)19-13-29(25-37)14-20-35/h11-12,23-24,29-30H,3-10,13-22,25-26,37-38H2,1-2H3,(H,39,43)(H,40,44).